The Kier molecular flexibility index (Phi) is 7.87. The lowest BCUT2D eigenvalue weighted by atomic mass is 10.1. The fourth-order valence-electron chi connectivity index (χ4n) is 3.28. The van der Waals surface area contributed by atoms with Gasteiger partial charge in [-0.05, 0) is 31.4 Å². The van der Waals surface area contributed by atoms with Crippen LogP contribution in [0.3, 0.4) is 0 Å². The molecule has 0 bridgehead atoms. The highest BCUT2D eigenvalue weighted by atomic mass is 16.6. The maximum absolute atomic E-state index is 12.3. The summed E-state index contributed by atoms with van der Waals surface area (Å²) in [5.41, 5.74) is -2.05. The lowest BCUT2D eigenvalue weighted by Crippen LogP contribution is -2.45. The fraction of sp³-hybridized carbons (Fsp3) is 0.333. The lowest BCUT2D eigenvalue weighted by molar-refractivity contribution is -0.898. The van der Waals surface area contributed by atoms with Crippen molar-refractivity contribution >= 4 is 22.7 Å². The molecule has 1 aliphatic rings. The van der Waals surface area contributed by atoms with Gasteiger partial charge >= 0.3 is 11.4 Å². The van der Waals surface area contributed by atoms with Gasteiger partial charge in [0.1, 0.15) is 6.54 Å². The molecule has 0 aliphatic carbocycles. The van der Waals surface area contributed by atoms with Gasteiger partial charge in [-0.15, -0.1) is 0 Å². The third kappa shape index (κ3) is 6.62. The molecule has 0 spiro atoms. The molecular formula is C18H19N5O10. The summed E-state index contributed by atoms with van der Waals surface area (Å²) in [7, 11) is 0. The minimum atomic E-state index is -1.21. The van der Waals surface area contributed by atoms with Crippen LogP contribution in [0.4, 0.5) is 22.7 Å². The third-order valence-electron chi connectivity index (χ3n) is 4.91. The zero-order valence-electron chi connectivity index (χ0n) is 17.1. The van der Waals surface area contributed by atoms with Gasteiger partial charge in [0.15, 0.2) is 0 Å². The Morgan fingerprint density at radius 3 is 1.58 bits per heavy atom. The molecule has 0 atom stereocenters. The Morgan fingerprint density at radius 2 is 1.18 bits per heavy atom. The summed E-state index contributed by atoms with van der Waals surface area (Å²) < 4.78 is -0.183. The largest absolute Gasteiger partial charge is 0.633 e. The van der Waals surface area contributed by atoms with Crippen molar-refractivity contribution in [3.05, 3.63) is 87.6 Å². The molecule has 0 radical (unpaired) electrons. The molecule has 0 aromatic heterocycles. The maximum Gasteiger partial charge on any atom is 0.324 e. The summed E-state index contributed by atoms with van der Waals surface area (Å²) in [4.78, 5) is 37.8. The molecule has 2 aromatic rings. The molecule has 1 fully saturated rings. The predicted molar refractivity (Wildman–Crippen MR) is 112 cm³/mol. The van der Waals surface area contributed by atoms with E-state index in [1.54, 1.807) is 12.1 Å². The van der Waals surface area contributed by atoms with E-state index in [0.717, 1.165) is 24.8 Å². The Hall–Kier alpha value is -4.24. The van der Waals surface area contributed by atoms with Crippen LogP contribution in [0.25, 0.3) is 0 Å². The third-order valence-corrected chi connectivity index (χ3v) is 4.91. The van der Waals surface area contributed by atoms with Crippen molar-refractivity contribution in [2.75, 3.05) is 13.1 Å². The van der Waals surface area contributed by atoms with E-state index in [-0.39, 0.29) is 10.3 Å². The first-order chi connectivity index (χ1) is 15.4. The highest BCUT2D eigenvalue weighted by molar-refractivity contribution is 5.64. The number of nitro benzene ring substituents is 4. The predicted octanol–water partition coefficient (Wildman–Crippen LogP) is 3.71. The van der Waals surface area contributed by atoms with Crippen LogP contribution in [-0.2, 0) is 6.54 Å². The summed E-state index contributed by atoms with van der Waals surface area (Å²) in [6.07, 6.45) is 3.11. The number of quaternary nitrogens is 1. The van der Waals surface area contributed by atoms with Crippen molar-refractivity contribution in [3.63, 3.8) is 0 Å². The van der Waals surface area contributed by atoms with Crippen LogP contribution in [-0.4, -0.2) is 42.5 Å². The second-order valence-electron chi connectivity index (χ2n) is 7.25. The number of nitro groups is 4. The summed E-state index contributed by atoms with van der Waals surface area (Å²) in [6.45, 7) is 1.76. The van der Waals surface area contributed by atoms with Crippen LogP contribution >= 0.6 is 0 Å². The van der Waals surface area contributed by atoms with Gasteiger partial charge in [-0.25, -0.2) is 0 Å². The molecule has 15 nitrogen and oxygen atoms in total. The van der Waals surface area contributed by atoms with Crippen molar-refractivity contribution < 1.29 is 29.4 Å². The number of piperidine rings is 1. The SMILES string of the molecule is O=[N+]([O-])c1cc([N+](=O)[O-])c(O)c([N+](=O)[O-])c1.O=[N+]([O-])c1ccc(C[N+]2([O-])CCCCC2)cc1. The minimum Gasteiger partial charge on any atom is -0.633 e. The number of nitrogens with zero attached hydrogens (tertiary/aromatic N) is 5. The average molecular weight is 465 g/mol. The Labute approximate surface area is 185 Å². The van der Waals surface area contributed by atoms with Crippen LogP contribution in [0.15, 0.2) is 36.4 Å². The van der Waals surface area contributed by atoms with E-state index >= 15 is 0 Å². The second-order valence-corrected chi connectivity index (χ2v) is 7.25. The summed E-state index contributed by atoms with van der Waals surface area (Å²) in [5, 5.41) is 63.0. The van der Waals surface area contributed by atoms with E-state index in [4.69, 9.17) is 5.11 Å². The Morgan fingerprint density at radius 1 is 0.727 bits per heavy atom. The van der Waals surface area contributed by atoms with Crippen molar-refractivity contribution in [2.24, 2.45) is 0 Å². The minimum absolute atomic E-state index is 0.0739. The molecule has 3 rings (SSSR count). The van der Waals surface area contributed by atoms with Crippen LogP contribution in [0.2, 0.25) is 0 Å². The van der Waals surface area contributed by atoms with Crippen molar-refractivity contribution in [1.29, 1.82) is 0 Å². The number of hydroxylamine groups is 3. The summed E-state index contributed by atoms with van der Waals surface area (Å²) in [6, 6.07) is 7.19. The van der Waals surface area contributed by atoms with Crippen LogP contribution in [0, 0.1) is 45.7 Å². The summed E-state index contributed by atoms with van der Waals surface area (Å²) in [5.74, 6) is -1.21. The molecule has 1 saturated heterocycles. The lowest BCUT2D eigenvalue weighted by Gasteiger charge is -2.45. The Balaban J connectivity index is 0.000000234. The molecule has 15 heteroatoms. The van der Waals surface area contributed by atoms with Crippen molar-refractivity contribution in [1.82, 2.24) is 0 Å². The smallest absolute Gasteiger partial charge is 0.324 e. The molecule has 1 heterocycles. The highest BCUT2D eigenvalue weighted by Crippen LogP contribution is 2.39. The number of aromatic hydroxyl groups is 1. The van der Waals surface area contributed by atoms with E-state index in [1.807, 2.05) is 0 Å². The molecule has 33 heavy (non-hydrogen) atoms. The number of hydrogen-bond donors (Lipinski definition) is 1. The van der Waals surface area contributed by atoms with E-state index < -0.39 is 42.5 Å². The monoisotopic (exact) mass is 465 g/mol. The van der Waals surface area contributed by atoms with Crippen LogP contribution in [0.1, 0.15) is 24.8 Å². The van der Waals surface area contributed by atoms with Crippen LogP contribution in [0.5, 0.6) is 5.75 Å². The van der Waals surface area contributed by atoms with E-state index in [9.17, 15) is 45.7 Å². The number of likely N-dealkylation sites (tertiary alicyclic amines) is 1. The van der Waals surface area contributed by atoms with Crippen molar-refractivity contribution in [3.8, 4) is 5.75 Å². The first-order valence-corrected chi connectivity index (χ1v) is 9.54. The van der Waals surface area contributed by atoms with Gasteiger partial charge in [-0.2, -0.15) is 0 Å². The summed E-state index contributed by atoms with van der Waals surface area (Å²) >= 11 is 0. The van der Waals surface area contributed by atoms with Gasteiger partial charge < -0.3 is 15.0 Å². The standard InChI is InChI=1S/C12H16N2O3.C6H3N3O7/c15-13(16)12-6-4-11(5-7-12)10-14(17)8-2-1-3-9-14;10-6-4(8(13)14)1-3(7(11)12)2-5(6)9(15)16/h4-7H,1-3,8-10H2;1-2,10H. The number of hydrogen-bond acceptors (Lipinski definition) is 10. The average Bonchev–Trinajstić information content (AvgIpc) is 2.74. The number of phenolic OH excluding ortho intramolecular Hbond substituents is 1. The van der Waals surface area contributed by atoms with E-state index in [0.29, 0.717) is 31.8 Å². The molecule has 0 amide bonds. The number of benzene rings is 2. The molecule has 176 valence electrons. The van der Waals surface area contributed by atoms with E-state index in [1.165, 1.54) is 12.1 Å². The molecule has 1 N–H and O–H groups in total. The highest BCUT2D eigenvalue weighted by Gasteiger charge is 2.30. The van der Waals surface area contributed by atoms with Crippen molar-refractivity contribution in [2.45, 2.75) is 25.8 Å². The van der Waals surface area contributed by atoms with E-state index in [2.05, 4.69) is 0 Å². The van der Waals surface area contributed by atoms with Gasteiger partial charge in [0.2, 0.25) is 0 Å². The second kappa shape index (κ2) is 10.4. The fourth-order valence-corrected chi connectivity index (χ4v) is 3.28. The quantitative estimate of drug-likeness (QED) is 0.282. The number of phenols is 1. The zero-order chi connectivity index (χ0) is 24.8. The topological polar surface area (TPSA) is 216 Å². The first-order valence-electron chi connectivity index (χ1n) is 9.54. The Bertz CT molecular complexity index is 1030. The van der Waals surface area contributed by atoms with Gasteiger partial charge in [-0.3, -0.25) is 40.5 Å². The van der Waals surface area contributed by atoms with Crippen LogP contribution < -0.4 is 0 Å². The molecule has 0 saturated carbocycles. The number of rotatable bonds is 6. The van der Waals surface area contributed by atoms with Gasteiger partial charge in [0, 0.05) is 17.7 Å². The molecule has 1 aliphatic heterocycles. The normalized spacial score (nSPS) is 14.5. The number of non-ortho nitro benzene ring substituents is 2. The van der Waals surface area contributed by atoms with Gasteiger partial charge in [0.25, 0.3) is 17.1 Å². The first kappa shape index (κ1) is 25.0. The van der Waals surface area contributed by atoms with Gasteiger partial charge in [-0.1, -0.05) is 0 Å². The maximum atomic E-state index is 12.3. The molecule has 0 unspecified atom stereocenters. The molecular weight excluding hydrogens is 446 g/mol. The molecule has 2 aromatic carbocycles. The van der Waals surface area contributed by atoms with Gasteiger partial charge in [0.05, 0.1) is 44.9 Å². The zero-order valence-corrected chi connectivity index (χ0v) is 17.1.